The van der Waals surface area contributed by atoms with Crippen molar-refractivity contribution in [3.63, 3.8) is 0 Å². The standard InChI is InChI=1S/C50H79N3O9/c1-8-11-13-14-15-16-17-18-19-22-29-51-47(56)60-38-27-28-43-41(35-38)45-39(26-21-24-31-55)37(25-20-23-30-54)34-40-42(52-62-49(4,5)6)36-44(53(7)48(57)58-33-12-9-2)50(61-43,46(40)45)59-32-10-3/h9-10,27-28,34-35,37,39,44-46,54-55H,2-3,8,11-26,29-33,36H2,1,4-7H3,(H,51,56). The van der Waals surface area contributed by atoms with Gasteiger partial charge in [-0.05, 0) is 94.9 Å². The molecule has 62 heavy (non-hydrogen) atoms. The van der Waals surface area contributed by atoms with Gasteiger partial charge in [-0.2, -0.15) is 0 Å². The Hall–Kier alpha value is -3.87. The highest BCUT2D eigenvalue weighted by atomic mass is 16.7. The molecule has 12 heteroatoms. The van der Waals surface area contributed by atoms with Gasteiger partial charge >= 0.3 is 12.2 Å². The zero-order valence-electron chi connectivity index (χ0n) is 38.7. The Balaban J connectivity index is 1.75. The number of hydrogen-bond donors (Lipinski definition) is 3. The van der Waals surface area contributed by atoms with Gasteiger partial charge in [0.1, 0.15) is 23.1 Å². The smallest absolute Gasteiger partial charge is 0.412 e. The monoisotopic (exact) mass is 866 g/mol. The molecule has 6 atom stereocenters. The molecule has 0 saturated heterocycles. The van der Waals surface area contributed by atoms with Crippen LogP contribution >= 0.6 is 0 Å². The third kappa shape index (κ3) is 14.3. The van der Waals surface area contributed by atoms with Gasteiger partial charge < -0.3 is 44.2 Å². The average molecular weight is 866 g/mol. The van der Waals surface area contributed by atoms with Gasteiger partial charge in [-0.1, -0.05) is 101 Å². The summed E-state index contributed by atoms with van der Waals surface area (Å²) in [6, 6.07) is 4.79. The minimum atomic E-state index is -1.41. The summed E-state index contributed by atoms with van der Waals surface area (Å²) in [6.07, 6.45) is 22.1. The number of rotatable bonds is 28. The molecular weight excluding hydrogens is 787 g/mol. The number of amides is 2. The molecule has 2 amide bonds. The summed E-state index contributed by atoms with van der Waals surface area (Å²) in [5.74, 6) is -1.11. The molecule has 0 bridgehead atoms. The Labute approximate surface area is 372 Å². The normalized spacial score (nSPS) is 23.3. The maximum atomic E-state index is 13.9. The van der Waals surface area contributed by atoms with Gasteiger partial charge in [0, 0.05) is 44.7 Å². The van der Waals surface area contributed by atoms with Gasteiger partial charge in [0.15, 0.2) is 0 Å². The third-order valence-corrected chi connectivity index (χ3v) is 12.4. The lowest BCUT2D eigenvalue weighted by atomic mass is 9.55. The minimum absolute atomic E-state index is 0.0251. The molecule has 2 aliphatic carbocycles. The van der Waals surface area contributed by atoms with Crippen LogP contribution in [0.1, 0.15) is 155 Å². The van der Waals surface area contributed by atoms with Crippen molar-refractivity contribution >= 4 is 17.9 Å². The summed E-state index contributed by atoms with van der Waals surface area (Å²) in [5, 5.41) is 27.5. The first kappa shape index (κ1) is 50.8. The molecule has 12 nitrogen and oxygen atoms in total. The van der Waals surface area contributed by atoms with E-state index < -0.39 is 35.5 Å². The maximum absolute atomic E-state index is 13.9. The summed E-state index contributed by atoms with van der Waals surface area (Å²) in [5.41, 5.74) is 1.89. The minimum Gasteiger partial charge on any atom is -0.459 e. The van der Waals surface area contributed by atoms with E-state index in [4.69, 9.17) is 28.9 Å². The quantitative estimate of drug-likeness (QED) is 0.0425. The molecule has 3 aliphatic rings. The van der Waals surface area contributed by atoms with Crippen molar-refractivity contribution in [1.82, 2.24) is 10.2 Å². The summed E-state index contributed by atoms with van der Waals surface area (Å²) < 4.78 is 25.8. The molecule has 1 fully saturated rings. The number of aliphatic hydroxyl groups is 2. The number of benzene rings is 1. The van der Waals surface area contributed by atoms with E-state index in [2.05, 4.69) is 31.5 Å². The number of aliphatic hydroxyl groups excluding tert-OH is 2. The number of carbonyl (C=O) groups excluding carboxylic acids is 2. The molecule has 4 rings (SSSR count). The molecule has 1 saturated carbocycles. The fraction of sp³-hybridized carbons (Fsp3) is 0.700. The van der Waals surface area contributed by atoms with E-state index in [0.717, 1.165) is 56.1 Å². The largest absolute Gasteiger partial charge is 0.459 e. The zero-order valence-corrected chi connectivity index (χ0v) is 38.7. The molecule has 6 unspecified atom stereocenters. The molecule has 348 valence electrons. The number of fused-ring (bicyclic) bond motifs is 2. The highest BCUT2D eigenvalue weighted by molar-refractivity contribution is 6.03. The van der Waals surface area contributed by atoms with Crippen molar-refractivity contribution in [3.05, 3.63) is 60.7 Å². The van der Waals surface area contributed by atoms with E-state index in [1.165, 1.54) is 44.9 Å². The number of nitrogens with zero attached hydrogens (tertiary/aromatic N) is 2. The van der Waals surface area contributed by atoms with Crippen LogP contribution in [0, 0.1) is 17.8 Å². The Morgan fingerprint density at radius 2 is 1.63 bits per heavy atom. The summed E-state index contributed by atoms with van der Waals surface area (Å²) in [4.78, 5) is 34.8. The van der Waals surface area contributed by atoms with Crippen LogP contribution in [0.3, 0.4) is 0 Å². The van der Waals surface area contributed by atoms with Gasteiger partial charge in [-0.15, -0.1) is 13.2 Å². The van der Waals surface area contributed by atoms with Gasteiger partial charge in [-0.25, -0.2) is 9.59 Å². The van der Waals surface area contributed by atoms with Crippen molar-refractivity contribution in [2.24, 2.45) is 22.9 Å². The number of hydrogen-bond acceptors (Lipinski definition) is 10. The van der Waals surface area contributed by atoms with E-state index in [-0.39, 0.29) is 50.6 Å². The number of carbonyl (C=O) groups is 2. The lowest BCUT2D eigenvalue weighted by Gasteiger charge is -2.59. The predicted molar refractivity (Wildman–Crippen MR) is 246 cm³/mol. The molecule has 3 N–H and O–H groups in total. The van der Waals surface area contributed by atoms with Gasteiger partial charge in [0.05, 0.1) is 24.8 Å². The Morgan fingerprint density at radius 1 is 0.952 bits per heavy atom. The van der Waals surface area contributed by atoms with Crippen LogP contribution in [0.25, 0.3) is 0 Å². The molecule has 1 heterocycles. The number of nitrogens with one attached hydrogen (secondary N) is 1. The van der Waals surface area contributed by atoms with Crippen LogP contribution in [-0.4, -0.2) is 90.5 Å². The number of oxime groups is 1. The Kier molecular flexibility index (Phi) is 21.3. The second-order valence-corrected chi connectivity index (χ2v) is 18.3. The number of allylic oxidation sites excluding steroid dienone is 1. The zero-order chi connectivity index (χ0) is 45.0. The first-order valence-corrected chi connectivity index (χ1v) is 23.7. The number of likely N-dealkylation sites (N-methyl/N-ethyl adjacent to an activating group) is 1. The highest BCUT2D eigenvalue weighted by Gasteiger charge is 2.65. The number of ether oxygens (including phenoxy) is 4. The predicted octanol–water partition coefficient (Wildman–Crippen LogP) is 10.8. The molecular formula is C50H79N3O9. The molecule has 0 aromatic heterocycles. The molecule has 0 spiro atoms. The lowest BCUT2D eigenvalue weighted by Crippen LogP contribution is -2.69. The van der Waals surface area contributed by atoms with Crippen molar-refractivity contribution in [2.45, 2.75) is 167 Å². The molecule has 1 aromatic carbocycles. The van der Waals surface area contributed by atoms with Gasteiger partial charge in [-0.3, -0.25) is 0 Å². The Bertz CT molecular complexity index is 1620. The Morgan fingerprint density at radius 3 is 2.27 bits per heavy atom. The highest BCUT2D eigenvalue weighted by Crippen LogP contribution is 2.62. The average Bonchev–Trinajstić information content (AvgIpc) is 3.24. The van der Waals surface area contributed by atoms with Crippen LogP contribution in [0.4, 0.5) is 9.59 Å². The van der Waals surface area contributed by atoms with Crippen LogP contribution < -0.4 is 14.8 Å². The van der Waals surface area contributed by atoms with Crippen molar-refractivity contribution < 1.29 is 43.6 Å². The summed E-state index contributed by atoms with van der Waals surface area (Å²) in [7, 11) is 1.70. The fourth-order valence-electron chi connectivity index (χ4n) is 9.39. The van der Waals surface area contributed by atoms with Crippen LogP contribution in [0.2, 0.25) is 0 Å². The summed E-state index contributed by atoms with van der Waals surface area (Å²) in [6.45, 7) is 16.9. The van der Waals surface area contributed by atoms with Gasteiger partial charge in [0.25, 0.3) is 0 Å². The van der Waals surface area contributed by atoms with E-state index >= 15 is 0 Å². The first-order chi connectivity index (χ1) is 29.9. The molecule has 0 radical (unpaired) electrons. The van der Waals surface area contributed by atoms with E-state index in [1.807, 2.05) is 32.9 Å². The van der Waals surface area contributed by atoms with Crippen LogP contribution in [0.5, 0.6) is 11.5 Å². The topological polar surface area (TPSA) is 148 Å². The van der Waals surface area contributed by atoms with Crippen molar-refractivity contribution in [1.29, 1.82) is 0 Å². The lowest BCUT2D eigenvalue weighted by molar-refractivity contribution is -0.253. The van der Waals surface area contributed by atoms with Crippen LogP contribution in [-0.2, 0) is 14.3 Å². The number of unbranched alkanes of at least 4 members (excludes halogenated alkanes) is 11. The van der Waals surface area contributed by atoms with E-state index in [0.29, 0.717) is 43.0 Å². The van der Waals surface area contributed by atoms with E-state index in [1.54, 1.807) is 30.2 Å². The van der Waals surface area contributed by atoms with E-state index in [9.17, 15) is 19.8 Å². The molecule has 1 aromatic rings. The fourth-order valence-corrected chi connectivity index (χ4v) is 9.39. The molecule has 1 aliphatic heterocycles. The van der Waals surface area contributed by atoms with Crippen molar-refractivity contribution in [2.75, 3.05) is 40.0 Å². The van der Waals surface area contributed by atoms with Crippen LogP contribution in [0.15, 0.2) is 60.3 Å². The maximum Gasteiger partial charge on any atom is 0.412 e. The second kappa shape index (κ2) is 26.0. The second-order valence-electron chi connectivity index (χ2n) is 18.3. The summed E-state index contributed by atoms with van der Waals surface area (Å²) >= 11 is 0. The third-order valence-electron chi connectivity index (χ3n) is 12.4. The van der Waals surface area contributed by atoms with Crippen molar-refractivity contribution in [3.8, 4) is 11.5 Å². The SMILES string of the molecule is C=CCCOC(=O)N(C)C1CC(=NOC(C)(C)C)C2=CC(CCCCO)C(CCCCO)C3c4cc(OC(=O)NCCCCCCCCCCCC)ccc4OC1(OCC=C)C23. The van der Waals surface area contributed by atoms with Gasteiger partial charge in [0.2, 0.25) is 5.79 Å². The first-order valence-electron chi connectivity index (χ1n) is 23.7.